The number of aliphatic carboxylic acids is 1. The largest absolute Gasteiger partial charge is 0.492 e. The third-order valence-corrected chi connectivity index (χ3v) is 4.35. The Kier molecular flexibility index (Phi) is 5.32. The normalized spacial score (nSPS) is 21.5. The van der Waals surface area contributed by atoms with Crippen LogP contribution in [0.1, 0.15) is 12.0 Å². The second kappa shape index (κ2) is 7.63. The Morgan fingerprint density at radius 1 is 1.21 bits per heavy atom. The molecule has 7 nitrogen and oxygen atoms in total. The van der Waals surface area contributed by atoms with Crippen LogP contribution in [0.2, 0.25) is 0 Å². The fourth-order valence-corrected chi connectivity index (χ4v) is 3.15. The molecule has 0 spiro atoms. The van der Waals surface area contributed by atoms with E-state index < -0.39 is 5.97 Å². The Labute approximate surface area is 140 Å². The van der Waals surface area contributed by atoms with E-state index in [1.807, 2.05) is 29.2 Å². The van der Waals surface area contributed by atoms with Crippen molar-refractivity contribution in [2.24, 2.45) is 0 Å². The third-order valence-electron chi connectivity index (χ3n) is 4.35. The highest BCUT2D eigenvalue weighted by Gasteiger charge is 2.30. The number of carbonyl (C=O) groups excluding carboxylic acids is 1. The molecule has 1 atom stereocenters. The summed E-state index contributed by atoms with van der Waals surface area (Å²) in [5.41, 5.74) is 1.06. The zero-order valence-electron chi connectivity index (χ0n) is 13.5. The van der Waals surface area contributed by atoms with Crippen molar-refractivity contribution >= 4 is 11.9 Å². The predicted molar refractivity (Wildman–Crippen MR) is 85.8 cm³/mol. The second-order valence-corrected chi connectivity index (χ2v) is 6.08. The number of para-hydroxylation sites is 1. The van der Waals surface area contributed by atoms with E-state index in [-0.39, 0.29) is 31.5 Å². The van der Waals surface area contributed by atoms with Crippen molar-refractivity contribution in [1.82, 2.24) is 9.80 Å². The van der Waals surface area contributed by atoms with Crippen LogP contribution < -0.4 is 4.74 Å². The Hall–Kier alpha value is -2.12. The average molecular weight is 334 g/mol. The molecule has 130 valence electrons. The Morgan fingerprint density at radius 3 is 2.88 bits per heavy atom. The lowest BCUT2D eigenvalue weighted by Crippen LogP contribution is -2.52. The molecule has 1 aromatic rings. The minimum absolute atomic E-state index is 0.0519. The van der Waals surface area contributed by atoms with Crippen LogP contribution in [-0.2, 0) is 20.9 Å². The summed E-state index contributed by atoms with van der Waals surface area (Å²) >= 11 is 0. The molecule has 1 N–H and O–H groups in total. The van der Waals surface area contributed by atoms with Gasteiger partial charge in [-0.2, -0.15) is 0 Å². The van der Waals surface area contributed by atoms with Gasteiger partial charge in [0.1, 0.15) is 12.4 Å². The summed E-state index contributed by atoms with van der Waals surface area (Å²) in [4.78, 5) is 27.4. The molecule has 0 aliphatic carbocycles. The summed E-state index contributed by atoms with van der Waals surface area (Å²) in [6, 6.07) is 7.44. The first-order valence-electron chi connectivity index (χ1n) is 8.15. The van der Waals surface area contributed by atoms with Crippen LogP contribution >= 0.6 is 0 Å². The number of ether oxygens (including phenoxy) is 2. The van der Waals surface area contributed by atoms with Gasteiger partial charge < -0.3 is 19.5 Å². The summed E-state index contributed by atoms with van der Waals surface area (Å²) in [5.74, 6) is -0.105. The number of carboxylic acid groups (broad SMARTS) is 1. The summed E-state index contributed by atoms with van der Waals surface area (Å²) in [6.45, 7) is 3.28. The first-order chi connectivity index (χ1) is 11.6. The minimum Gasteiger partial charge on any atom is -0.492 e. The van der Waals surface area contributed by atoms with Crippen molar-refractivity contribution in [2.75, 3.05) is 39.5 Å². The van der Waals surface area contributed by atoms with E-state index in [0.717, 1.165) is 11.3 Å². The van der Waals surface area contributed by atoms with Crippen LogP contribution in [0.25, 0.3) is 0 Å². The number of nitrogens with zero attached hydrogens (tertiary/aromatic N) is 2. The molecular weight excluding hydrogens is 312 g/mol. The third kappa shape index (κ3) is 4.04. The molecule has 1 aromatic carbocycles. The van der Waals surface area contributed by atoms with Gasteiger partial charge in [-0.15, -0.1) is 0 Å². The highest BCUT2D eigenvalue weighted by atomic mass is 16.5. The zero-order valence-corrected chi connectivity index (χ0v) is 13.5. The van der Waals surface area contributed by atoms with Gasteiger partial charge in [0.05, 0.1) is 32.2 Å². The highest BCUT2D eigenvalue weighted by Crippen LogP contribution is 2.22. The summed E-state index contributed by atoms with van der Waals surface area (Å²) in [5, 5.41) is 9.01. The van der Waals surface area contributed by atoms with E-state index in [2.05, 4.69) is 0 Å². The van der Waals surface area contributed by atoms with Gasteiger partial charge in [0.2, 0.25) is 5.91 Å². The molecule has 0 radical (unpaired) electrons. The number of benzene rings is 1. The number of amides is 1. The maximum Gasteiger partial charge on any atom is 0.305 e. The molecule has 24 heavy (non-hydrogen) atoms. The number of rotatable bonds is 4. The zero-order chi connectivity index (χ0) is 16.9. The van der Waals surface area contributed by atoms with Crippen LogP contribution in [0, 0.1) is 0 Å². The second-order valence-electron chi connectivity index (χ2n) is 6.08. The summed E-state index contributed by atoms with van der Waals surface area (Å²) in [7, 11) is 0. The van der Waals surface area contributed by atoms with E-state index in [4.69, 9.17) is 14.6 Å². The van der Waals surface area contributed by atoms with Crippen LogP contribution in [-0.4, -0.2) is 72.3 Å². The standard InChI is InChI=1S/C17H22N2O5/c20-16(19-6-7-23-12-14(19)9-17(21)22)11-18-5-8-24-15-4-2-1-3-13(15)10-18/h1-4,14H,5-12H2,(H,21,22)/t14-/m1/s1. The van der Waals surface area contributed by atoms with Crippen LogP contribution in [0.4, 0.5) is 0 Å². The Bertz CT molecular complexity index is 606. The number of hydrogen-bond donors (Lipinski definition) is 1. The average Bonchev–Trinajstić information content (AvgIpc) is 2.76. The molecule has 3 rings (SSSR count). The number of carboxylic acids is 1. The lowest BCUT2D eigenvalue weighted by Gasteiger charge is -2.36. The van der Waals surface area contributed by atoms with Gasteiger partial charge in [-0.25, -0.2) is 0 Å². The van der Waals surface area contributed by atoms with Gasteiger partial charge in [-0.05, 0) is 6.07 Å². The van der Waals surface area contributed by atoms with Crippen molar-refractivity contribution in [3.8, 4) is 5.75 Å². The van der Waals surface area contributed by atoms with E-state index in [9.17, 15) is 9.59 Å². The number of fused-ring (bicyclic) bond motifs is 1. The molecule has 0 saturated carbocycles. The number of morpholine rings is 1. The van der Waals surface area contributed by atoms with Crippen molar-refractivity contribution in [1.29, 1.82) is 0 Å². The van der Waals surface area contributed by atoms with Gasteiger partial charge >= 0.3 is 5.97 Å². The molecule has 2 aliphatic heterocycles. The van der Waals surface area contributed by atoms with Crippen LogP contribution in [0.15, 0.2) is 24.3 Å². The van der Waals surface area contributed by atoms with E-state index in [1.165, 1.54) is 0 Å². The molecule has 2 heterocycles. The fourth-order valence-electron chi connectivity index (χ4n) is 3.15. The maximum absolute atomic E-state index is 12.7. The molecule has 1 amide bonds. The monoisotopic (exact) mass is 334 g/mol. The first-order valence-corrected chi connectivity index (χ1v) is 8.15. The van der Waals surface area contributed by atoms with Gasteiger partial charge in [0.25, 0.3) is 0 Å². The molecular formula is C17H22N2O5. The van der Waals surface area contributed by atoms with Crippen molar-refractivity contribution < 1.29 is 24.2 Å². The molecule has 0 bridgehead atoms. The van der Waals surface area contributed by atoms with E-state index in [1.54, 1.807) is 4.90 Å². The lowest BCUT2D eigenvalue weighted by molar-refractivity contribution is -0.147. The number of carbonyl (C=O) groups is 2. The molecule has 0 aromatic heterocycles. The van der Waals surface area contributed by atoms with Gasteiger partial charge in [-0.3, -0.25) is 14.5 Å². The lowest BCUT2D eigenvalue weighted by atomic mass is 10.1. The van der Waals surface area contributed by atoms with E-state index >= 15 is 0 Å². The minimum atomic E-state index is -0.916. The Balaban J connectivity index is 1.64. The van der Waals surface area contributed by atoms with Crippen molar-refractivity contribution in [2.45, 2.75) is 19.0 Å². The molecule has 0 unspecified atom stereocenters. The molecule has 2 aliphatic rings. The summed E-state index contributed by atoms with van der Waals surface area (Å²) < 4.78 is 11.0. The van der Waals surface area contributed by atoms with Crippen LogP contribution in [0.5, 0.6) is 5.75 Å². The van der Waals surface area contributed by atoms with Gasteiger partial charge in [-0.1, -0.05) is 18.2 Å². The summed E-state index contributed by atoms with van der Waals surface area (Å²) in [6.07, 6.45) is -0.0856. The molecule has 7 heteroatoms. The smallest absolute Gasteiger partial charge is 0.305 e. The fraction of sp³-hybridized carbons (Fsp3) is 0.529. The molecule has 1 saturated heterocycles. The number of hydrogen-bond acceptors (Lipinski definition) is 5. The van der Waals surface area contributed by atoms with Crippen LogP contribution in [0.3, 0.4) is 0 Å². The van der Waals surface area contributed by atoms with Crippen molar-refractivity contribution in [3.63, 3.8) is 0 Å². The van der Waals surface area contributed by atoms with Gasteiger partial charge in [0, 0.05) is 25.2 Å². The predicted octanol–water partition coefficient (Wildman–Crippen LogP) is 0.583. The SMILES string of the molecule is O=C(O)C[C@@H]1COCCN1C(=O)CN1CCOc2ccccc2C1. The Morgan fingerprint density at radius 2 is 2.04 bits per heavy atom. The topological polar surface area (TPSA) is 79.3 Å². The van der Waals surface area contributed by atoms with Crippen molar-refractivity contribution in [3.05, 3.63) is 29.8 Å². The molecule has 1 fully saturated rings. The van der Waals surface area contributed by atoms with Gasteiger partial charge in [0.15, 0.2) is 0 Å². The highest BCUT2D eigenvalue weighted by molar-refractivity contribution is 5.79. The van der Waals surface area contributed by atoms with E-state index in [0.29, 0.717) is 32.8 Å². The first kappa shape index (κ1) is 16.7. The quantitative estimate of drug-likeness (QED) is 0.868. The maximum atomic E-state index is 12.7.